The molecule has 132 valence electrons. The summed E-state index contributed by atoms with van der Waals surface area (Å²) in [6, 6.07) is 11.4. The van der Waals surface area contributed by atoms with E-state index in [4.69, 9.17) is 21.7 Å². The van der Waals surface area contributed by atoms with Gasteiger partial charge in [-0.3, -0.25) is 4.79 Å². The third-order valence-electron chi connectivity index (χ3n) is 4.37. The molecule has 26 heavy (non-hydrogen) atoms. The first-order chi connectivity index (χ1) is 12.5. The lowest BCUT2D eigenvalue weighted by Gasteiger charge is -2.21. The maximum atomic E-state index is 12.3. The standard InChI is InChI=1S/C19H17ClN4OS/c1-11-16-17(14-7-5-9-21-19(14)25)26-12(2)22-18(16)24(23-11)10-13-6-3-4-8-15(13)20/h3-9,17H,10H2,1-2H3,(H,21,25). The zero-order valence-electron chi connectivity index (χ0n) is 14.4. The van der Waals surface area contributed by atoms with E-state index in [0.29, 0.717) is 17.1 Å². The number of nitrogens with one attached hydrogen (secondary N) is 1. The SMILES string of the molecule is CC1=Nc2c(c(C)nn2Cc2ccccc2Cl)C(c2ccc[nH]c2=O)S1. The van der Waals surface area contributed by atoms with Gasteiger partial charge in [-0.2, -0.15) is 5.10 Å². The molecule has 7 heteroatoms. The highest BCUT2D eigenvalue weighted by molar-refractivity contribution is 8.14. The Labute approximate surface area is 160 Å². The van der Waals surface area contributed by atoms with Crippen molar-refractivity contribution >= 4 is 34.2 Å². The Morgan fingerprint density at radius 2 is 2.04 bits per heavy atom. The molecule has 0 amide bonds. The number of aryl methyl sites for hydroxylation is 1. The van der Waals surface area contributed by atoms with E-state index in [1.54, 1.807) is 18.0 Å². The van der Waals surface area contributed by atoms with Gasteiger partial charge in [0.2, 0.25) is 0 Å². The summed E-state index contributed by atoms with van der Waals surface area (Å²) in [5, 5.41) is 6.19. The molecular weight excluding hydrogens is 368 g/mol. The number of benzene rings is 1. The van der Waals surface area contributed by atoms with Gasteiger partial charge in [0.15, 0.2) is 5.82 Å². The first kappa shape index (κ1) is 17.1. The van der Waals surface area contributed by atoms with Crippen LogP contribution in [0.3, 0.4) is 0 Å². The Bertz CT molecular complexity index is 1070. The van der Waals surface area contributed by atoms with Gasteiger partial charge in [0, 0.05) is 22.3 Å². The van der Waals surface area contributed by atoms with Crippen molar-refractivity contribution in [3.63, 3.8) is 0 Å². The molecular formula is C19H17ClN4OS. The van der Waals surface area contributed by atoms with E-state index in [1.165, 1.54) is 0 Å². The Morgan fingerprint density at radius 3 is 2.81 bits per heavy atom. The van der Waals surface area contributed by atoms with Gasteiger partial charge in [-0.15, -0.1) is 0 Å². The summed E-state index contributed by atoms with van der Waals surface area (Å²) in [6.07, 6.45) is 1.65. The van der Waals surface area contributed by atoms with E-state index in [1.807, 2.05) is 54.9 Å². The highest BCUT2D eigenvalue weighted by Gasteiger charge is 2.31. The third kappa shape index (κ3) is 2.99. The minimum Gasteiger partial charge on any atom is -0.329 e. The van der Waals surface area contributed by atoms with Crippen LogP contribution in [0.15, 0.2) is 52.4 Å². The summed E-state index contributed by atoms with van der Waals surface area (Å²) in [4.78, 5) is 19.8. The van der Waals surface area contributed by atoms with Gasteiger partial charge >= 0.3 is 0 Å². The fourth-order valence-corrected chi connectivity index (χ4v) is 4.55. The molecule has 1 aromatic carbocycles. The first-order valence-corrected chi connectivity index (χ1v) is 9.50. The van der Waals surface area contributed by atoms with Gasteiger partial charge in [0.25, 0.3) is 5.56 Å². The average molecular weight is 385 g/mol. The van der Waals surface area contributed by atoms with Crippen molar-refractivity contribution in [1.82, 2.24) is 14.8 Å². The van der Waals surface area contributed by atoms with Gasteiger partial charge in [-0.05, 0) is 31.5 Å². The summed E-state index contributed by atoms with van der Waals surface area (Å²) < 4.78 is 1.87. The molecule has 0 bridgehead atoms. The molecule has 1 atom stereocenters. The number of H-pyrrole nitrogens is 1. The Kier molecular flexibility index (Phi) is 4.46. The summed E-state index contributed by atoms with van der Waals surface area (Å²) in [5.74, 6) is 0.798. The van der Waals surface area contributed by atoms with E-state index < -0.39 is 0 Å². The molecule has 1 N–H and O–H groups in total. The molecule has 2 aromatic heterocycles. The molecule has 1 aliphatic rings. The van der Waals surface area contributed by atoms with Gasteiger partial charge in [-0.25, -0.2) is 9.67 Å². The molecule has 0 aliphatic carbocycles. The van der Waals surface area contributed by atoms with Crippen LogP contribution in [0.1, 0.15) is 34.6 Å². The summed E-state index contributed by atoms with van der Waals surface area (Å²) in [7, 11) is 0. The van der Waals surface area contributed by atoms with Crippen LogP contribution in [0.25, 0.3) is 0 Å². The zero-order chi connectivity index (χ0) is 18.3. The first-order valence-electron chi connectivity index (χ1n) is 8.25. The number of aromatic amines is 1. The Balaban J connectivity index is 1.83. The smallest absolute Gasteiger partial charge is 0.252 e. The number of hydrogen-bond donors (Lipinski definition) is 1. The lowest BCUT2D eigenvalue weighted by atomic mass is 10.1. The largest absolute Gasteiger partial charge is 0.329 e. The molecule has 0 saturated heterocycles. The second-order valence-electron chi connectivity index (χ2n) is 6.16. The zero-order valence-corrected chi connectivity index (χ0v) is 15.9. The van der Waals surface area contributed by atoms with Crippen molar-refractivity contribution in [3.05, 3.63) is 80.4 Å². The van der Waals surface area contributed by atoms with Gasteiger partial charge in [0.1, 0.15) is 0 Å². The fraction of sp³-hybridized carbons (Fsp3) is 0.211. The molecule has 0 spiro atoms. The maximum Gasteiger partial charge on any atom is 0.252 e. The van der Waals surface area contributed by atoms with Crippen LogP contribution in [0.4, 0.5) is 5.82 Å². The summed E-state index contributed by atoms with van der Waals surface area (Å²) >= 11 is 7.90. The minimum atomic E-state index is -0.118. The fourth-order valence-electron chi connectivity index (χ4n) is 3.17. The van der Waals surface area contributed by atoms with Crippen LogP contribution in [0.2, 0.25) is 5.02 Å². The molecule has 0 fully saturated rings. The number of nitrogens with zero attached hydrogens (tertiary/aromatic N) is 3. The van der Waals surface area contributed by atoms with Crippen LogP contribution in [0.5, 0.6) is 0 Å². The molecule has 1 aliphatic heterocycles. The Hall–Kier alpha value is -2.31. The van der Waals surface area contributed by atoms with Crippen LogP contribution >= 0.6 is 23.4 Å². The van der Waals surface area contributed by atoms with Crippen molar-refractivity contribution in [2.24, 2.45) is 4.99 Å². The van der Waals surface area contributed by atoms with E-state index in [9.17, 15) is 4.79 Å². The quantitative estimate of drug-likeness (QED) is 0.724. The normalized spacial score (nSPS) is 16.3. The van der Waals surface area contributed by atoms with Crippen LogP contribution in [-0.2, 0) is 6.54 Å². The van der Waals surface area contributed by atoms with Crippen molar-refractivity contribution < 1.29 is 0 Å². The van der Waals surface area contributed by atoms with E-state index in [-0.39, 0.29) is 10.8 Å². The molecule has 1 unspecified atom stereocenters. The van der Waals surface area contributed by atoms with E-state index in [2.05, 4.69) is 4.98 Å². The number of aliphatic imine (C=N–C) groups is 1. The number of hydrogen-bond acceptors (Lipinski definition) is 4. The molecule has 4 rings (SSSR count). The molecule has 3 heterocycles. The number of fused-ring (bicyclic) bond motifs is 1. The van der Waals surface area contributed by atoms with Gasteiger partial charge in [0.05, 0.1) is 22.5 Å². The van der Waals surface area contributed by atoms with Gasteiger partial charge < -0.3 is 4.98 Å². The highest BCUT2D eigenvalue weighted by atomic mass is 35.5. The number of thioether (sulfide) groups is 1. The van der Waals surface area contributed by atoms with Crippen molar-refractivity contribution in [2.75, 3.05) is 0 Å². The summed E-state index contributed by atoms with van der Waals surface area (Å²) in [6.45, 7) is 4.46. The number of aromatic nitrogens is 3. The second kappa shape index (κ2) is 6.78. The van der Waals surface area contributed by atoms with Crippen LogP contribution in [0, 0.1) is 6.92 Å². The lowest BCUT2D eigenvalue weighted by molar-refractivity contribution is 0.683. The predicted octanol–water partition coefficient (Wildman–Crippen LogP) is 4.47. The summed E-state index contributed by atoms with van der Waals surface area (Å²) in [5.41, 5.74) is 3.49. The third-order valence-corrected chi connectivity index (χ3v) is 5.90. The number of pyridine rings is 1. The average Bonchev–Trinajstić information content (AvgIpc) is 2.92. The van der Waals surface area contributed by atoms with Crippen LogP contribution in [-0.4, -0.2) is 19.8 Å². The maximum absolute atomic E-state index is 12.3. The lowest BCUT2D eigenvalue weighted by Crippen LogP contribution is -2.17. The van der Waals surface area contributed by atoms with E-state index >= 15 is 0 Å². The number of halogens is 1. The molecule has 0 saturated carbocycles. The van der Waals surface area contributed by atoms with Crippen molar-refractivity contribution in [3.8, 4) is 0 Å². The molecule has 3 aromatic rings. The topological polar surface area (TPSA) is 63.0 Å². The Morgan fingerprint density at radius 1 is 1.23 bits per heavy atom. The monoisotopic (exact) mass is 384 g/mol. The second-order valence-corrected chi connectivity index (χ2v) is 7.86. The number of rotatable bonds is 3. The molecule has 5 nitrogen and oxygen atoms in total. The highest BCUT2D eigenvalue weighted by Crippen LogP contribution is 2.45. The van der Waals surface area contributed by atoms with Crippen molar-refractivity contribution in [2.45, 2.75) is 25.6 Å². The van der Waals surface area contributed by atoms with Crippen molar-refractivity contribution in [1.29, 1.82) is 0 Å². The van der Waals surface area contributed by atoms with E-state index in [0.717, 1.165) is 27.7 Å². The predicted molar refractivity (Wildman–Crippen MR) is 107 cm³/mol. The minimum absolute atomic E-state index is 0.0797. The van der Waals surface area contributed by atoms with Crippen LogP contribution < -0.4 is 5.56 Å². The van der Waals surface area contributed by atoms with Gasteiger partial charge in [-0.1, -0.05) is 47.6 Å². The molecule has 0 radical (unpaired) electrons.